The van der Waals surface area contributed by atoms with Crippen LogP contribution in [0.1, 0.15) is 30.1 Å². The van der Waals surface area contributed by atoms with E-state index in [1.807, 2.05) is 0 Å². The van der Waals surface area contributed by atoms with E-state index in [4.69, 9.17) is 0 Å². The van der Waals surface area contributed by atoms with E-state index in [1.54, 1.807) is 24.3 Å². The van der Waals surface area contributed by atoms with Crippen LogP contribution >= 0.6 is 0 Å². The van der Waals surface area contributed by atoms with Crippen molar-refractivity contribution in [2.45, 2.75) is 24.7 Å². The van der Waals surface area contributed by atoms with Gasteiger partial charge in [-0.3, -0.25) is 4.72 Å². The summed E-state index contributed by atoms with van der Waals surface area (Å²) in [6, 6.07) is 12.6. The number of nitrogens with one attached hydrogen (secondary N) is 1. The van der Waals surface area contributed by atoms with Gasteiger partial charge in [-0.2, -0.15) is 0 Å². The Morgan fingerprint density at radius 3 is 2.38 bits per heavy atom. The summed E-state index contributed by atoms with van der Waals surface area (Å²) in [6.07, 6.45) is 2.04. The molecule has 0 aliphatic carbocycles. The Balaban J connectivity index is 1.98. The van der Waals surface area contributed by atoms with Gasteiger partial charge in [0.1, 0.15) is 0 Å². The van der Waals surface area contributed by atoms with Gasteiger partial charge in [-0.05, 0) is 49.1 Å². The molecule has 2 aromatic rings. The van der Waals surface area contributed by atoms with E-state index in [1.165, 1.54) is 24.3 Å². The summed E-state index contributed by atoms with van der Waals surface area (Å²) in [5, 5.41) is 9.27. The van der Waals surface area contributed by atoms with Crippen LogP contribution in [0, 0.1) is 5.92 Å². The highest BCUT2D eigenvalue weighted by atomic mass is 32.2. The van der Waals surface area contributed by atoms with E-state index in [2.05, 4.69) is 16.5 Å². The average molecular weight is 374 g/mol. The lowest BCUT2D eigenvalue weighted by Gasteiger charge is -2.33. The van der Waals surface area contributed by atoms with Crippen molar-refractivity contribution in [3.8, 4) is 0 Å². The normalized spacial score (nSPS) is 15.7. The minimum absolute atomic E-state index is 0.0462. The molecule has 2 aromatic carbocycles. The number of rotatable bonds is 5. The summed E-state index contributed by atoms with van der Waals surface area (Å²) in [5.41, 5.74) is 1.05. The minimum Gasteiger partial charge on any atom is -0.478 e. The number of carbonyl (C=O) groups is 1. The summed E-state index contributed by atoms with van der Waals surface area (Å²) < 4.78 is 28.0. The molecule has 0 spiro atoms. The van der Waals surface area contributed by atoms with Gasteiger partial charge in [0.15, 0.2) is 0 Å². The lowest BCUT2D eigenvalue weighted by atomic mass is 9.98. The van der Waals surface area contributed by atoms with Crippen molar-refractivity contribution in [3.05, 3.63) is 54.1 Å². The fourth-order valence-electron chi connectivity index (χ4n) is 3.08. The maximum absolute atomic E-state index is 12.7. The number of hydrogen-bond donors (Lipinski definition) is 2. The third-order valence-electron chi connectivity index (χ3n) is 4.67. The first-order valence-corrected chi connectivity index (χ1v) is 10.1. The minimum atomic E-state index is -3.80. The van der Waals surface area contributed by atoms with Crippen molar-refractivity contribution in [2.24, 2.45) is 5.92 Å². The van der Waals surface area contributed by atoms with Crippen molar-refractivity contribution >= 4 is 27.4 Å². The molecule has 7 heteroatoms. The molecule has 6 nitrogen and oxygen atoms in total. The molecule has 0 saturated carbocycles. The lowest BCUT2D eigenvalue weighted by Crippen LogP contribution is -2.33. The van der Waals surface area contributed by atoms with Crippen LogP contribution in [0.4, 0.5) is 11.4 Å². The molecule has 0 amide bonds. The molecule has 3 rings (SSSR count). The summed E-state index contributed by atoms with van der Waals surface area (Å²) in [4.78, 5) is 13.6. The van der Waals surface area contributed by atoms with E-state index < -0.39 is 16.0 Å². The molecule has 26 heavy (non-hydrogen) atoms. The first-order valence-electron chi connectivity index (χ1n) is 8.57. The smallest absolute Gasteiger partial charge is 0.335 e. The Kier molecular flexibility index (Phi) is 5.18. The zero-order valence-electron chi connectivity index (χ0n) is 14.6. The third kappa shape index (κ3) is 3.99. The molecule has 1 fully saturated rings. The Morgan fingerprint density at radius 1 is 1.12 bits per heavy atom. The zero-order valence-corrected chi connectivity index (χ0v) is 15.4. The van der Waals surface area contributed by atoms with Crippen molar-refractivity contribution in [1.29, 1.82) is 0 Å². The fraction of sp³-hybridized carbons (Fsp3) is 0.316. The molecule has 2 N–H and O–H groups in total. The molecule has 1 aliphatic rings. The van der Waals surface area contributed by atoms with E-state index in [0.29, 0.717) is 17.3 Å². The standard InChI is InChI=1S/C19H22N2O4S/c1-14-9-11-21(12-10-14)18-8-7-15(19(22)23)13-17(18)20-26(24,25)16-5-3-2-4-6-16/h2-8,13-14,20H,9-12H2,1H3,(H,22,23). The topological polar surface area (TPSA) is 86.7 Å². The number of sulfonamides is 1. The molecule has 0 bridgehead atoms. The van der Waals surface area contributed by atoms with Gasteiger partial charge < -0.3 is 10.0 Å². The number of aromatic carboxylic acids is 1. The van der Waals surface area contributed by atoms with Crippen LogP contribution in [-0.4, -0.2) is 32.6 Å². The Bertz CT molecular complexity index is 889. The quantitative estimate of drug-likeness (QED) is 0.837. The SMILES string of the molecule is CC1CCN(c2ccc(C(=O)O)cc2NS(=O)(=O)c2ccccc2)CC1. The maximum Gasteiger partial charge on any atom is 0.335 e. The number of piperidine rings is 1. The molecule has 138 valence electrons. The largest absolute Gasteiger partial charge is 0.478 e. The van der Waals surface area contributed by atoms with Gasteiger partial charge in [0.2, 0.25) is 0 Å². The summed E-state index contributed by atoms with van der Waals surface area (Å²) in [5.74, 6) is -0.460. The van der Waals surface area contributed by atoms with Gasteiger partial charge in [0.05, 0.1) is 21.8 Å². The number of hydrogen-bond acceptors (Lipinski definition) is 4. The number of carboxylic acids is 1. The first kappa shape index (κ1) is 18.3. The number of carboxylic acid groups (broad SMARTS) is 1. The van der Waals surface area contributed by atoms with Gasteiger partial charge in [-0.25, -0.2) is 13.2 Å². The molecule has 0 aromatic heterocycles. The van der Waals surface area contributed by atoms with Crippen molar-refractivity contribution in [2.75, 3.05) is 22.7 Å². The predicted molar refractivity (Wildman–Crippen MR) is 101 cm³/mol. The first-order chi connectivity index (χ1) is 12.4. The number of nitrogens with zero attached hydrogens (tertiary/aromatic N) is 1. The second kappa shape index (κ2) is 7.37. The monoisotopic (exact) mass is 374 g/mol. The summed E-state index contributed by atoms with van der Waals surface area (Å²) in [6.45, 7) is 3.82. The molecule has 0 radical (unpaired) electrons. The van der Waals surface area contributed by atoms with Gasteiger partial charge >= 0.3 is 5.97 Å². The maximum atomic E-state index is 12.7. The molecule has 0 atom stereocenters. The number of benzene rings is 2. The van der Waals surface area contributed by atoms with Crippen LogP contribution in [0.2, 0.25) is 0 Å². The molecule has 0 unspecified atom stereocenters. The molecular formula is C19H22N2O4S. The summed E-state index contributed by atoms with van der Waals surface area (Å²) in [7, 11) is -3.80. The fourth-order valence-corrected chi connectivity index (χ4v) is 4.17. The molecule has 1 saturated heterocycles. The second-order valence-electron chi connectivity index (χ2n) is 6.63. The van der Waals surface area contributed by atoms with Crippen LogP contribution in [0.3, 0.4) is 0 Å². The van der Waals surface area contributed by atoms with Gasteiger partial charge in [-0.15, -0.1) is 0 Å². The Labute approximate surface area is 153 Å². The van der Waals surface area contributed by atoms with Gasteiger partial charge in [0, 0.05) is 13.1 Å². The van der Waals surface area contributed by atoms with Crippen molar-refractivity contribution < 1.29 is 18.3 Å². The van der Waals surface area contributed by atoms with Crippen LogP contribution in [0.15, 0.2) is 53.4 Å². The second-order valence-corrected chi connectivity index (χ2v) is 8.31. The van der Waals surface area contributed by atoms with Crippen molar-refractivity contribution in [1.82, 2.24) is 0 Å². The zero-order chi connectivity index (χ0) is 18.7. The highest BCUT2D eigenvalue weighted by Crippen LogP contribution is 2.32. The highest BCUT2D eigenvalue weighted by molar-refractivity contribution is 7.92. The van der Waals surface area contributed by atoms with E-state index >= 15 is 0 Å². The Morgan fingerprint density at radius 2 is 1.77 bits per heavy atom. The van der Waals surface area contributed by atoms with E-state index in [-0.39, 0.29) is 10.5 Å². The third-order valence-corrected chi connectivity index (χ3v) is 6.05. The van der Waals surface area contributed by atoms with Gasteiger partial charge in [0.25, 0.3) is 10.0 Å². The predicted octanol–water partition coefficient (Wildman–Crippen LogP) is 3.42. The molecule has 1 heterocycles. The van der Waals surface area contributed by atoms with Crippen LogP contribution in [-0.2, 0) is 10.0 Å². The summed E-state index contributed by atoms with van der Waals surface area (Å²) >= 11 is 0. The van der Waals surface area contributed by atoms with Crippen LogP contribution < -0.4 is 9.62 Å². The molecular weight excluding hydrogens is 352 g/mol. The average Bonchev–Trinajstić information content (AvgIpc) is 2.63. The van der Waals surface area contributed by atoms with Gasteiger partial charge in [-0.1, -0.05) is 25.1 Å². The van der Waals surface area contributed by atoms with E-state index in [9.17, 15) is 18.3 Å². The van der Waals surface area contributed by atoms with Crippen LogP contribution in [0.25, 0.3) is 0 Å². The Hall–Kier alpha value is -2.54. The highest BCUT2D eigenvalue weighted by Gasteiger charge is 2.22. The number of anilines is 2. The van der Waals surface area contributed by atoms with E-state index in [0.717, 1.165) is 25.9 Å². The van der Waals surface area contributed by atoms with Crippen molar-refractivity contribution in [3.63, 3.8) is 0 Å². The molecule has 1 aliphatic heterocycles. The lowest BCUT2D eigenvalue weighted by molar-refractivity contribution is 0.0697. The van der Waals surface area contributed by atoms with Crippen LogP contribution in [0.5, 0.6) is 0 Å².